The van der Waals surface area contributed by atoms with Crippen LogP contribution in [0.2, 0.25) is 0 Å². The van der Waals surface area contributed by atoms with E-state index in [4.69, 9.17) is 4.74 Å². The maximum Gasteiger partial charge on any atom is 1.00 e. The van der Waals surface area contributed by atoms with Crippen molar-refractivity contribution in [1.29, 1.82) is 0 Å². The molecule has 0 saturated carbocycles. The molecule has 0 heterocycles. The van der Waals surface area contributed by atoms with Gasteiger partial charge in [-0.05, 0) is 6.42 Å². The molecule has 0 N–H and O–H groups in total. The Bertz CT molecular complexity index is 514. The second-order valence-corrected chi connectivity index (χ2v) is 8.07. The smallest absolute Gasteiger partial charge is 0.747 e. The Labute approximate surface area is 219 Å². The van der Waals surface area contributed by atoms with Crippen molar-refractivity contribution in [3.63, 3.8) is 0 Å². The summed E-state index contributed by atoms with van der Waals surface area (Å²) in [4.78, 5) is 21.9. The summed E-state index contributed by atoms with van der Waals surface area (Å²) >= 11 is 0. The van der Waals surface area contributed by atoms with Gasteiger partial charge in [0.15, 0.2) is 0 Å². The predicted molar refractivity (Wildman–Crippen MR) is 96.7 cm³/mol. The molecule has 8 nitrogen and oxygen atoms in total. The number of hydrogen-bond donors (Lipinski definition) is 0. The van der Waals surface area contributed by atoms with E-state index in [0.29, 0.717) is 6.61 Å². The van der Waals surface area contributed by atoms with Gasteiger partial charge in [0.1, 0.15) is 16.7 Å². The van der Waals surface area contributed by atoms with Gasteiger partial charge in [0, 0.05) is 6.61 Å². The zero-order chi connectivity index (χ0) is 20.5. The van der Waals surface area contributed by atoms with Crippen molar-refractivity contribution in [3.05, 3.63) is 0 Å². The van der Waals surface area contributed by atoms with Gasteiger partial charge < -0.3 is 23.9 Å². The Morgan fingerprint density at radius 1 is 0.828 bits per heavy atom. The molecule has 0 bridgehead atoms. The minimum Gasteiger partial charge on any atom is -0.747 e. The molecular weight excluding hydrogens is 422 g/mol. The molecule has 160 valence electrons. The molecule has 11 heteroatoms. The van der Waals surface area contributed by atoms with Crippen molar-refractivity contribution in [2.45, 2.75) is 82.8 Å². The maximum absolute atomic E-state index is 11.4. The van der Waals surface area contributed by atoms with Crippen LogP contribution in [0.15, 0.2) is 0 Å². The molecule has 1 unspecified atom stereocenters. The van der Waals surface area contributed by atoms with Crippen molar-refractivity contribution in [2.75, 3.05) is 19.8 Å². The molecule has 0 amide bonds. The normalized spacial score (nSPS) is 11.8. The topological polar surface area (TPSA) is 133 Å². The van der Waals surface area contributed by atoms with Gasteiger partial charge in [0.2, 0.25) is 0 Å². The molecule has 0 aliphatic heterocycles. The van der Waals surface area contributed by atoms with Crippen molar-refractivity contribution < 1.29 is 96.3 Å². The number of carbonyl (C=O) groups is 2. The molecule has 0 aromatic carbocycles. The van der Waals surface area contributed by atoms with E-state index in [1.807, 2.05) is 0 Å². The van der Waals surface area contributed by atoms with E-state index >= 15 is 0 Å². The first-order valence-electron chi connectivity index (χ1n) is 9.68. The van der Waals surface area contributed by atoms with Gasteiger partial charge in [-0.15, -0.1) is 0 Å². The number of unbranched alkanes of at least 4 members (excludes halogenated alkanes) is 9. The first-order valence-corrected chi connectivity index (χ1v) is 11.1. The van der Waals surface area contributed by atoms with Crippen LogP contribution in [0.3, 0.4) is 0 Å². The molecule has 0 radical (unpaired) electrons. The average Bonchev–Trinajstić information content (AvgIpc) is 2.58. The second-order valence-electron chi connectivity index (χ2n) is 6.52. The third-order valence-corrected chi connectivity index (χ3v) is 5.15. The van der Waals surface area contributed by atoms with Crippen LogP contribution in [-0.4, -0.2) is 50.0 Å². The van der Waals surface area contributed by atoms with Gasteiger partial charge in [-0.2, -0.15) is 0 Å². The standard InChI is InChI=1S/C18H34O8S.2Na/c1-2-3-4-5-6-7-8-9-10-11-12-25-13-14-26-17(19)15-16(18(20)21)27(22,23)24;;/h16H,2-15H2,1H3,(H,20,21)(H,22,23,24);;/q;2*+1/p-2. The van der Waals surface area contributed by atoms with Crippen molar-refractivity contribution in [2.24, 2.45) is 0 Å². The zero-order valence-electron chi connectivity index (χ0n) is 18.2. The molecule has 29 heavy (non-hydrogen) atoms. The Hall–Kier alpha value is 0.810. The first-order chi connectivity index (χ1) is 12.8. The van der Waals surface area contributed by atoms with Crippen LogP contribution in [0.25, 0.3) is 0 Å². The van der Waals surface area contributed by atoms with Gasteiger partial charge in [0.05, 0.1) is 24.2 Å². The number of carboxylic acid groups (broad SMARTS) is 1. The minimum absolute atomic E-state index is 0. The number of carboxylic acids is 1. The molecule has 0 aromatic heterocycles. The molecule has 0 spiro atoms. The number of ether oxygens (including phenoxy) is 2. The maximum atomic E-state index is 11.4. The fourth-order valence-electron chi connectivity index (χ4n) is 2.52. The summed E-state index contributed by atoms with van der Waals surface area (Å²) in [5, 5.41) is 8.13. The molecule has 0 aliphatic carbocycles. The van der Waals surface area contributed by atoms with E-state index in [9.17, 15) is 27.7 Å². The Morgan fingerprint density at radius 2 is 1.31 bits per heavy atom. The quantitative estimate of drug-likeness (QED) is 0.0876. The SMILES string of the molecule is CCCCCCCCCCCCOCCOC(=O)CC(C(=O)[O-])S(=O)(=O)[O-].[Na+].[Na+]. The summed E-state index contributed by atoms with van der Waals surface area (Å²) in [7, 11) is -5.16. The third-order valence-electron chi connectivity index (χ3n) is 4.10. The number of hydrogen-bond acceptors (Lipinski definition) is 8. The van der Waals surface area contributed by atoms with Gasteiger partial charge in [-0.3, -0.25) is 4.79 Å². The van der Waals surface area contributed by atoms with Crippen molar-refractivity contribution >= 4 is 22.1 Å². The van der Waals surface area contributed by atoms with Crippen molar-refractivity contribution in [1.82, 2.24) is 0 Å². The van der Waals surface area contributed by atoms with Crippen LogP contribution >= 0.6 is 0 Å². The summed E-state index contributed by atoms with van der Waals surface area (Å²) in [6.07, 6.45) is 11.1. The van der Waals surface area contributed by atoms with Crippen LogP contribution in [0.4, 0.5) is 0 Å². The van der Waals surface area contributed by atoms with Gasteiger partial charge in [0.25, 0.3) is 0 Å². The van der Waals surface area contributed by atoms with E-state index in [1.165, 1.54) is 51.4 Å². The zero-order valence-corrected chi connectivity index (χ0v) is 23.0. The number of esters is 1. The second kappa shape index (κ2) is 22.0. The van der Waals surface area contributed by atoms with Gasteiger partial charge >= 0.3 is 65.1 Å². The summed E-state index contributed by atoms with van der Waals surface area (Å²) in [5.41, 5.74) is 0. The van der Waals surface area contributed by atoms with E-state index in [0.717, 1.165) is 12.8 Å². The van der Waals surface area contributed by atoms with Gasteiger partial charge in [-0.25, -0.2) is 8.42 Å². The summed E-state index contributed by atoms with van der Waals surface area (Å²) in [6, 6.07) is 0. The molecular formula is C18H32Na2O8S. The number of rotatable bonds is 18. The van der Waals surface area contributed by atoms with Crippen LogP contribution in [0.1, 0.15) is 77.6 Å². The molecule has 0 saturated heterocycles. The number of carbonyl (C=O) groups excluding carboxylic acids is 2. The van der Waals surface area contributed by atoms with Crippen molar-refractivity contribution in [3.8, 4) is 0 Å². The molecule has 0 fully saturated rings. The van der Waals surface area contributed by atoms with E-state index in [2.05, 4.69) is 11.7 Å². The van der Waals surface area contributed by atoms with E-state index in [1.54, 1.807) is 0 Å². The third kappa shape index (κ3) is 21.8. The van der Waals surface area contributed by atoms with E-state index in [-0.39, 0.29) is 72.3 Å². The monoisotopic (exact) mass is 454 g/mol. The molecule has 0 rings (SSSR count). The Kier molecular flexibility index (Phi) is 26.1. The Morgan fingerprint density at radius 3 is 1.76 bits per heavy atom. The predicted octanol–water partition coefficient (Wildman–Crippen LogP) is -4.47. The summed E-state index contributed by atoms with van der Waals surface area (Å²) < 4.78 is 42.1. The number of aliphatic carboxylic acids is 1. The molecule has 1 atom stereocenters. The van der Waals surface area contributed by atoms with Crippen LogP contribution in [0, 0.1) is 0 Å². The summed E-state index contributed by atoms with van der Waals surface area (Å²) in [6.45, 7) is 2.74. The average molecular weight is 454 g/mol. The minimum atomic E-state index is -5.16. The van der Waals surface area contributed by atoms with Crippen LogP contribution in [-0.2, 0) is 29.2 Å². The van der Waals surface area contributed by atoms with E-state index < -0.39 is 33.7 Å². The Balaban J connectivity index is -0.00000338. The fourth-order valence-corrected chi connectivity index (χ4v) is 3.10. The van der Waals surface area contributed by atoms with Crippen LogP contribution in [0.5, 0.6) is 0 Å². The largest absolute Gasteiger partial charge is 1.00 e. The molecule has 0 aromatic rings. The summed E-state index contributed by atoms with van der Waals surface area (Å²) in [5.74, 6) is -3.20. The van der Waals surface area contributed by atoms with Crippen LogP contribution < -0.4 is 64.2 Å². The fraction of sp³-hybridized carbons (Fsp3) is 0.889. The van der Waals surface area contributed by atoms with Gasteiger partial charge in [-0.1, -0.05) is 64.7 Å². The molecule has 0 aliphatic rings. The first kappa shape index (κ1) is 34.4.